The average Bonchev–Trinajstić information content (AvgIpc) is 2.51. The smallest absolute Gasteiger partial charge is 0.330 e. The number of hydrogen-bond donors (Lipinski definition) is 0. The monoisotopic (exact) mass is 332 g/mol. The zero-order valence-electron chi connectivity index (χ0n) is 13.0. The highest BCUT2D eigenvalue weighted by Crippen LogP contribution is 2.36. The van der Waals surface area contributed by atoms with Crippen LogP contribution in [0, 0.1) is 13.8 Å². The summed E-state index contributed by atoms with van der Waals surface area (Å²) in [6, 6.07) is 16.4. The van der Waals surface area contributed by atoms with Crippen molar-refractivity contribution in [1.82, 2.24) is 0 Å². The summed E-state index contributed by atoms with van der Waals surface area (Å²) in [6.45, 7) is 6.34. The Balaban J connectivity index is 2.13. The van der Waals surface area contributed by atoms with E-state index in [9.17, 15) is 4.79 Å². The molecule has 0 unspecified atom stereocenters. The first-order valence-electron chi connectivity index (χ1n) is 7.22. The van der Waals surface area contributed by atoms with E-state index in [4.69, 9.17) is 4.74 Å². The Morgan fingerprint density at radius 3 is 1.68 bits per heavy atom. The van der Waals surface area contributed by atoms with Crippen molar-refractivity contribution in [2.45, 2.75) is 35.1 Å². The second-order valence-electron chi connectivity index (χ2n) is 4.95. The molecule has 0 aromatic heterocycles. The second-order valence-corrected chi connectivity index (χ2v) is 7.60. The first kappa shape index (κ1) is 17.0. The third kappa shape index (κ3) is 5.11. The Kier molecular flexibility index (Phi) is 6.40. The van der Waals surface area contributed by atoms with Crippen molar-refractivity contribution in [2.24, 2.45) is 0 Å². The third-order valence-corrected chi connectivity index (χ3v) is 5.49. The Morgan fingerprint density at radius 1 is 0.909 bits per heavy atom. The molecular weight excluding hydrogens is 312 g/mol. The van der Waals surface area contributed by atoms with E-state index in [1.54, 1.807) is 0 Å². The van der Waals surface area contributed by atoms with Gasteiger partial charge in [0.25, 0.3) is 0 Å². The van der Waals surface area contributed by atoms with Crippen molar-refractivity contribution < 1.29 is 9.53 Å². The zero-order valence-corrected chi connectivity index (χ0v) is 14.7. The van der Waals surface area contributed by atoms with Crippen LogP contribution in [0.4, 0.5) is 0 Å². The minimum atomic E-state index is -0.301. The maximum absolute atomic E-state index is 12.2. The molecular formula is C18H20O2S2. The lowest BCUT2D eigenvalue weighted by Gasteiger charge is -2.15. The molecule has 0 radical (unpaired) electrons. The highest BCUT2D eigenvalue weighted by atomic mass is 32.2. The molecule has 0 saturated heterocycles. The van der Waals surface area contributed by atoms with E-state index in [2.05, 4.69) is 38.1 Å². The Labute approximate surface area is 140 Å². The molecule has 0 aliphatic carbocycles. The number of esters is 1. The van der Waals surface area contributed by atoms with Gasteiger partial charge in [0.1, 0.15) is 0 Å². The molecule has 116 valence electrons. The van der Waals surface area contributed by atoms with Gasteiger partial charge in [0.05, 0.1) is 6.61 Å². The van der Waals surface area contributed by atoms with Gasteiger partial charge in [-0.05, 0) is 45.0 Å². The van der Waals surface area contributed by atoms with Crippen LogP contribution in [0.15, 0.2) is 58.3 Å². The van der Waals surface area contributed by atoms with Crippen LogP contribution in [0.3, 0.4) is 0 Å². The highest BCUT2D eigenvalue weighted by molar-refractivity contribution is 8.18. The van der Waals surface area contributed by atoms with E-state index in [0.29, 0.717) is 6.61 Å². The summed E-state index contributed by atoms with van der Waals surface area (Å²) in [5.41, 5.74) is 2.42. The summed E-state index contributed by atoms with van der Waals surface area (Å²) in [5, 5.41) is 0. The summed E-state index contributed by atoms with van der Waals surface area (Å²) in [4.78, 5) is 14.4. The van der Waals surface area contributed by atoms with E-state index in [0.717, 1.165) is 9.79 Å². The molecule has 0 aliphatic rings. The van der Waals surface area contributed by atoms with Gasteiger partial charge in [-0.2, -0.15) is 0 Å². The van der Waals surface area contributed by atoms with Crippen molar-refractivity contribution in [3.05, 3.63) is 59.7 Å². The van der Waals surface area contributed by atoms with Crippen molar-refractivity contribution in [2.75, 3.05) is 6.61 Å². The number of ether oxygens (including phenoxy) is 1. The molecule has 22 heavy (non-hydrogen) atoms. The fourth-order valence-corrected chi connectivity index (χ4v) is 4.08. The number of carbonyl (C=O) groups excluding carboxylic acids is 1. The molecule has 0 amide bonds. The summed E-state index contributed by atoms with van der Waals surface area (Å²) in [7, 11) is 0. The molecule has 0 N–H and O–H groups in total. The van der Waals surface area contributed by atoms with Gasteiger partial charge in [-0.15, -0.1) is 0 Å². The Hall–Kier alpha value is -1.39. The Bertz CT molecular complexity index is 558. The number of carbonyl (C=O) groups is 1. The lowest BCUT2D eigenvalue weighted by atomic mass is 10.2. The van der Waals surface area contributed by atoms with E-state index < -0.39 is 0 Å². The van der Waals surface area contributed by atoms with Gasteiger partial charge in [0.2, 0.25) is 0 Å². The lowest BCUT2D eigenvalue weighted by Crippen LogP contribution is -2.16. The number of hydrogen-bond acceptors (Lipinski definition) is 4. The number of thioether (sulfide) groups is 2. The van der Waals surface area contributed by atoms with Gasteiger partial charge in [-0.1, -0.05) is 58.9 Å². The molecule has 0 fully saturated rings. The van der Waals surface area contributed by atoms with Gasteiger partial charge in [-0.3, -0.25) is 0 Å². The summed E-state index contributed by atoms with van der Waals surface area (Å²) >= 11 is 3.07. The van der Waals surface area contributed by atoms with Crippen LogP contribution in [0.2, 0.25) is 0 Å². The standard InChI is InChI=1S/C18H20O2S2/c1-4-20-17(19)18(21-15-9-5-13(2)6-10-15)22-16-11-7-14(3)8-12-16/h5-12,18H,4H2,1-3H3. The van der Waals surface area contributed by atoms with Crippen molar-refractivity contribution in [1.29, 1.82) is 0 Å². The molecule has 0 heterocycles. The van der Waals surface area contributed by atoms with Gasteiger partial charge in [0, 0.05) is 9.79 Å². The van der Waals surface area contributed by atoms with Gasteiger partial charge in [-0.25, -0.2) is 4.79 Å². The van der Waals surface area contributed by atoms with Gasteiger partial charge >= 0.3 is 5.97 Å². The summed E-state index contributed by atoms with van der Waals surface area (Å²) < 4.78 is 4.91. The van der Waals surface area contributed by atoms with E-state index in [1.807, 2.05) is 31.2 Å². The lowest BCUT2D eigenvalue weighted by molar-refractivity contribution is -0.140. The van der Waals surface area contributed by atoms with Crippen LogP contribution in [-0.4, -0.2) is 17.2 Å². The highest BCUT2D eigenvalue weighted by Gasteiger charge is 2.22. The molecule has 2 aromatic carbocycles. The SMILES string of the molecule is CCOC(=O)C(Sc1ccc(C)cc1)Sc1ccc(C)cc1. The van der Waals surface area contributed by atoms with E-state index >= 15 is 0 Å². The molecule has 0 aliphatic heterocycles. The summed E-state index contributed by atoms with van der Waals surface area (Å²) in [6.07, 6.45) is 0. The number of aryl methyl sites for hydroxylation is 2. The fraction of sp³-hybridized carbons (Fsp3) is 0.278. The van der Waals surface area contributed by atoms with Gasteiger partial charge < -0.3 is 4.74 Å². The minimum Gasteiger partial charge on any atom is -0.465 e. The molecule has 0 atom stereocenters. The quantitative estimate of drug-likeness (QED) is 0.419. The predicted molar refractivity (Wildman–Crippen MR) is 94.5 cm³/mol. The fourth-order valence-electron chi connectivity index (χ4n) is 1.81. The molecule has 2 nitrogen and oxygen atoms in total. The summed E-state index contributed by atoms with van der Waals surface area (Å²) in [5.74, 6) is -0.182. The van der Waals surface area contributed by atoms with Gasteiger partial charge in [0.15, 0.2) is 4.58 Å². The van der Waals surface area contributed by atoms with Crippen LogP contribution >= 0.6 is 23.5 Å². The molecule has 4 heteroatoms. The third-order valence-electron chi connectivity index (χ3n) is 3.01. The minimum absolute atomic E-state index is 0.182. The number of benzene rings is 2. The van der Waals surface area contributed by atoms with Crippen LogP contribution in [0.1, 0.15) is 18.1 Å². The van der Waals surface area contributed by atoms with Crippen molar-refractivity contribution in [3.8, 4) is 0 Å². The first-order valence-corrected chi connectivity index (χ1v) is 8.97. The van der Waals surface area contributed by atoms with Crippen LogP contribution < -0.4 is 0 Å². The molecule has 2 aromatic rings. The van der Waals surface area contributed by atoms with E-state index in [1.165, 1.54) is 34.7 Å². The normalized spacial score (nSPS) is 10.7. The zero-order chi connectivity index (χ0) is 15.9. The Morgan fingerprint density at radius 2 is 1.32 bits per heavy atom. The predicted octanol–water partition coefficient (Wildman–Crippen LogP) is 5.08. The molecule has 0 bridgehead atoms. The maximum atomic E-state index is 12.2. The molecule has 2 rings (SSSR count). The maximum Gasteiger partial charge on any atom is 0.330 e. The largest absolute Gasteiger partial charge is 0.465 e. The molecule has 0 spiro atoms. The average molecular weight is 332 g/mol. The van der Waals surface area contributed by atoms with Crippen molar-refractivity contribution in [3.63, 3.8) is 0 Å². The van der Waals surface area contributed by atoms with E-state index in [-0.39, 0.29) is 10.6 Å². The van der Waals surface area contributed by atoms with Crippen molar-refractivity contribution >= 4 is 29.5 Å². The van der Waals surface area contributed by atoms with Crippen LogP contribution in [0.25, 0.3) is 0 Å². The first-order chi connectivity index (χ1) is 10.6. The molecule has 0 saturated carbocycles. The topological polar surface area (TPSA) is 26.3 Å². The number of rotatable bonds is 6. The second kappa shape index (κ2) is 8.30. The van der Waals surface area contributed by atoms with Crippen LogP contribution in [-0.2, 0) is 9.53 Å². The van der Waals surface area contributed by atoms with Crippen LogP contribution in [0.5, 0.6) is 0 Å².